The molecule has 0 radical (unpaired) electrons. The van der Waals surface area contributed by atoms with E-state index in [0.29, 0.717) is 0 Å². The number of rotatable bonds is 4. The minimum absolute atomic E-state index is 0.917. The fraction of sp³-hybridized carbons (Fsp3) is 0. The second kappa shape index (κ2) is 10.1. The predicted octanol–water partition coefficient (Wildman–Crippen LogP) is 12.0. The highest BCUT2D eigenvalue weighted by Crippen LogP contribution is 2.41. The number of nitrogens with zero attached hydrogens (tertiary/aromatic N) is 2. The van der Waals surface area contributed by atoms with Crippen molar-refractivity contribution in [2.75, 3.05) is 0 Å². The van der Waals surface area contributed by atoms with Crippen LogP contribution in [0.4, 0.5) is 0 Å². The Morgan fingerprint density at radius 1 is 0.383 bits per heavy atom. The predicted molar refractivity (Wildman–Crippen MR) is 196 cm³/mol. The van der Waals surface area contributed by atoms with Crippen LogP contribution in [0.5, 0.6) is 0 Å². The van der Waals surface area contributed by atoms with Crippen molar-refractivity contribution in [3.05, 3.63) is 170 Å². The number of hydrogen-bond acceptors (Lipinski definition) is 1. The third-order valence-corrected chi connectivity index (χ3v) is 9.56. The van der Waals surface area contributed by atoms with Gasteiger partial charge in [0.25, 0.3) is 0 Å². The van der Waals surface area contributed by atoms with Gasteiger partial charge in [-0.2, -0.15) is 0 Å². The number of benzene rings is 7. The molecule has 0 bridgehead atoms. The van der Waals surface area contributed by atoms with Crippen LogP contribution >= 0.6 is 0 Å². The summed E-state index contributed by atoms with van der Waals surface area (Å²) in [4.78, 5) is 0. The summed E-state index contributed by atoms with van der Waals surface area (Å²) in [5, 5.41) is 5.98. The molecule has 0 aliphatic heterocycles. The lowest BCUT2D eigenvalue weighted by molar-refractivity contribution is 0.671. The zero-order chi connectivity index (χ0) is 30.9. The summed E-state index contributed by atoms with van der Waals surface area (Å²) >= 11 is 0. The Bertz CT molecular complexity index is 2760. The van der Waals surface area contributed by atoms with E-state index in [4.69, 9.17) is 4.42 Å². The van der Waals surface area contributed by atoms with Crippen molar-refractivity contribution in [1.29, 1.82) is 0 Å². The van der Waals surface area contributed by atoms with Crippen LogP contribution in [-0.4, -0.2) is 9.13 Å². The molecule has 3 aromatic heterocycles. The highest BCUT2D eigenvalue weighted by atomic mass is 16.3. The van der Waals surface area contributed by atoms with Crippen molar-refractivity contribution in [2.45, 2.75) is 0 Å². The Kier molecular flexibility index (Phi) is 5.57. The molecule has 0 atom stereocenters. The molecule has 0 saturated carbocycles. The molecule has 7 aromatic carbocycles. The lowest BCUT2D eigenvalue weighted by atomic mass is 10.00. The Morgan fingerprint density at radius 3 is 1.72 bits per heavy atom. The number of aromatic nitrogens is 2. The molecule has 0 aliphatic carbocycles. The molecule has 220 valence electrons. The normalized spacial score (nSPS) is 11.8. The van der Waals surface area contributed by atoms with Crippen LogP contribution in [-0.2, 0) is 0 Å². The second-order valence-electron chi connectivity index (χ2n) is 12.2. The SMILES string of the molecule is c1ccc(-c2cccc3c2oc2c(-c4ccc(-n5c6ccccc6c6cc7c(ccn7-c7ccccc7)cc65)cc4)cccc23)cc1. The van der Waals surface area contributed by atoms with Gasteiger partial charge in [0.1, 0.15) is 11.2 Å². The maximum absolute atomic E-state index is 6.71. The summed E-state index contributed by atoms with van der Waals surface area (Å²) in [7, 11) is 0. The first kappa shape index (κ1) is 26.0. The number of para-hydroxylation sites is 4. The molecule has 0 spiro atoms. The molecule has 3 heteroatoms. The van der Waals surface area contributed by atoms with Gasteiger partial charge in [-0.3, -0.25) is 0 Å². The van der Waals surface area contributed by atoms with Gasteiger partial charge in [0.05, 0.1) is 16.6 Å². The largest absolute Gasteiger partial charge is 0.455 e. The van der Waals surface area contributed by atoms with E-state index in [2.05, 4.69) is 173 Å². The fourth-order valence-corrected chi connectivity index (χ4v) is 7.37. The summed E-state index contributed by atoms with van der Waals surface area (Å²) in [5.41, 5.74) is 12.2. The van der Waals surface area contributed by atoms with Crippen molar-refractivity contribution in [1.82, 2.24) is 9.13 Å². The number of fused-ring (bicyclic) bond motifs is 7. The zero-order valence-electron chi connectivity index (χ0n) is 25.5. The molecule has 10 aromatic rings. The van der Waals surface area contributed by atoms with E-state index >= 15 is 0 Å². The van der Waals surface area contributed by atoms with E-state index in [9.17, 15) is 0 Å². The van der Waals surface area contributed by atoms with Gasteiger partial charge in [0, 0.05) is 55.6 Å². The van der Waals surface area contributed by atoms with Crippen molar-refractivity contribution in [2.24, 2.45) is 0 Å². The van der Waals surface area contributed by atoms with Gasteiger partial charge < -0.3 is 13.6 Å². The zero-order valence-corrected chi connectivity index (χ0v) is 25.5. The lowest BCUT2D eigenvalue weighted by Gasteiger charge is -2.10. The summed E-state index contributed by atoms with van der Waals surface area (Å²) in [6, 6.07) is 58.4. The molecular formula is C44H28N2O. The molecule has 10 rings (SSSR count). The molecule has 0 N–H and O–H groups in total. The molecular weight excluding hydrogens is 572 g/mol. The Labute approximate surface area is 271 Å². The van der Waals surface area contributed by atoms with Crippen molar-refractivity contribution < 1.29 is 4.42 Å². The van der Waals surface area contributed by atoms with Crippen LogP contribution in [0, 0.1) is 0 Å². The van der Waals surface area contributed by atoms with Gasteiger partial charge in [-0.15, -0.1) is 0 Å². The average Bonchev–Trinajstić information content (AvgIpc) is 3.83. The molecule has 0 fully saturated rings. The standard InChI is InChI=1S/C44H28N2O/c1-3-11-29(12-4-1)34-16-9-18-37-38-19-10-17-35(44(38)47-43(34)37)30-21-23-33(24-22-30)46-40-20-8-7-15-36(40)39-28-41-31(27-42(39)46)25-26-45(41)32-13-5-2-6-14-32/h1-28H. The van der Waals surface area contributed by atoms with Gasteiger partial charge >= 0.3 is 0 Å². The summed E-state index contributed by atoms with van der Waals surface area (Å²) in [6.45, 7) is 0. The quantitative estimate of drug-likeness (QED) is 0.197. The van der Waals surface area contributed by atoms with Crippen molar-refractivity contribution >= 4 is 54.6 Å². The van der Waals surface area contributed by atoms with E-state index in [0.717, 1.165) is 55.6 Å². The molecule has 3 heterocycles. The minimum Gasteiger partial charge on any atom is -0.455 e. The van der Waals surface area contributed by atoms with Gasteiger partial charge in [0.2, 0.25) is 0 Å². The van der Waals surface area contributed by atoms with Crippen LogP contribution in [0.15, 0.2) is 174 Å². The first-order valence-electron chi connectivity index (χ1n) is 16.0. The number of hydrogen-bond donors (Lipinski definition) is 0. The highest BCUT2D eigenvalue weighted by Gasteiger charge is 2.17. The maximum atomic E-state index is 6.71. The summed E-state index contributed by atoms with van der Waals surface area (Å²) < 4.78 is 11.4. The van der Waals surface area contributed by atoms with E-state index < -0.39 is 0 Å². The fourth-order valence-electron chi connectivity index (χ4n) is 7.37. The number of furan rings is 1. The molecule has 0 unspecified atom stereocenters. The first-order chi connectivity index (χ1) is 23.3. The Hall–Kier alpha value is -6.32. The van der Waals surface area contributed by atoms with Crippen LogP contribution in [0.2, 0.25) is 0 Å². The van der Waals surface area contributed by atoms with Gasteiger partial charge in [-0.05, 0) is 59.7 Å². The van der Waals surface area contributed by atoms with Crippen molar-refractivity contribution in [3.8, 4) is 33.6 Å². The van der Waals surface area contributed by atoms with E-state index in [1.807, 2.05) is 6.07 Å². The molecule has 0 amide bonds. The van der Waals surface area contributed by atoms with E-state index in [1.54, 1.807) is 0 Å². The molecule has 3 nitrogen and oxygen atoms in total. The summed E-state index contributed by atoms with van der Waals surface area (Å²) in [5.74, 6) is 0. The third kappa shape index (κ3) is 3.93. The smallest absolute Gasteiger partial charge is 0.143 e. The second-order valence-corrected chi connectivity index (χ2v) is 12.2. The monoisotopic (exact) mass is 600 g/mol. The molecule has 0 aliphatic rings. The van der Waals surface area contributed by atoms with Crippen LogP contribution in [0.3, 0.4) is 0 Å². The van der Waals surface area contributed by atoms with Gasteiger partial charge in [-0.1, -0.05) is 115 Å². The Balaban J connectivity index is 1.12. The van der Waals surface area contributed by atoms with Crippen LogP contribution < -0.4 is 0 Å². The van der Waals surface area contributed by atoms with E-state index in [-0.39, 0.29) is 0 Å². The van der Waals surface area contributed by atoms with Crippen LogP contribution in [0.1, 0.15) is 0 Å². The highest BCUT2D eigenvalue weighted by molar-refractivity contribution is 6.14. The third-order valence-electron chi connectivity index (χ3n) is 9.56. The van der Waals surface area contributed by atoms with Crippen molar-refractivity contribution in [3.63, 3.8) is 0 Å². The molecule has 0 saturated heterocycles. The van der Waals surface area contributed by atoms with Crippen LogP contribution in [0.25, 0.3) is 88.3 Å². The first-order valence-corrected chi connectivity index (χ1v) is 16.0. The topological polar surface area (TPSA) is 23.0 Å². The van der Waals surface area contributed by atoms with Gasteiger partial charge in [0.15, 0.2) is 0 Å². The molecule has 47 heavy (non-hydrogen) atoms. The van der Waals surface area contributed by atoms with Gasteiger partial charge in [-0.25, -0.2) is 0 Å². The lowest BCUT2D eigenvalue weighted by Crippen LogP contribution is -1.94. The van der Waals surface area contributed by atoms with E-state index in [1.165, 1.54) is 32.7 Å². The maximum Gasteiger partial charge on any atom is 0.143 e. The Morgan fingerprint density at radius 2 is 1.00 bits per heavy atom. The summed E-state index contributed by atoms with van der Waals surface area (Å²) in [6.07, 6.45) is 2.17. The minimum atomic E-state index is 0.917. The average molecular weight is 601 g/mol.